The van der Waals surface area contributed by atoms with Crippen molar-refractivity contribution in [2.75, 3.05) is 13.1 Å². The summed E-state index contributed by atoms with van der Waals surface area (Å²) < 4.78 is 5.43. The third-order valence-corrected chi connectivity index (χ3v) is 5.18. The average Bonchev–Trinajstić information content (AvgIpc) is 3.32. The number of ketones is 1. The van der Waals surface area contributed by atoms with E-state index in [2.05, 4.69) is 10.5 Å². The highest BCUT2D eigenvalue weighted by atomic mass is 32.1. The lowest BCUT2D eigenvalue weighted by atomic mass is 10.1. The smallest absolute Gasteiger partial charge is 0.410 e. The Morgan fingerprint density at radius 3 is 2.42 bits per heavy atom. The molecule has 2 amide bonds. The molecule has 2 fully saturated rings. The van der Waals surface area contributed by atoms with Gasteiger partial charge in [-0.25, -0.2) is 9.78 Å². The number of carbonyl (C=O) groups is 3. The van der Waals surface area contributed by atoms with E-state index in [1.807, 2.05) is 0 Å². The van der Waals surface area contributed by atoms with Crippen LogP contribution in [0, 0.1) is 5.51 Å². The zero-order valence-electron chi connectivity index (χ0n) is 15.4. The van der Waals surface area contributed by atoms with Crippen LogP contribution in [0.25, 0.3) is 0 Å². The van der Waals surface area contributed by atoms with E-state index in [0.717, 1.165) is 12.8 Å². The van der Waals surface area contributed by atoms with Crippen LogP contribution in [0.2, 0.25) is 0 Å². The van der Waals surface area contributed by atoms with Crippen molar-refractivity contribution in [1.82, 2.24) is 14.8 Å². The molecule has 0 spiro atoms. The highest BCUT2D eigenvalue weighted by Crippen LogP contribution is 2.27. The molecule has 2 saturated heterocycles. The van der Waals surface area contributed by atoms with Gasteiger partial charge in [-0.2, -0.15) is 0 Å². The standard InChI is InChI=1S/C18H24N3O4S/c1-18(2,3)25-17(24)21-9-5-7-14(21)16(23)20-8-4-6-13(20)15(22)12-10-26-11-19-12/h10,13-14H,4-9H2,1-3H3/t13-,14-/m0/s1. The van der Waals surface area contributed by atoms with Crippen LogP contribution in [-0.4, -0.2) is 63.3 Å². The lowest BCUT2D eigenvalue weighted by Crippen LogP contribution is -2.51. The van der Waals surface area contributed by atoms with Gasteiger partial charge in [0, 0.05) is 18.5 Å². The van der Waals surface area contributed by atoms with Crippen LogP contribution in [-0.2, 0) is 9.53 Å². The maximum absolute atomic E-state index is 13.1. The molecule has 0 bridgehead atoms. The number of hydrogen-bond acceptors (Lipinski definition) is 6. The predicted molar refractivity (Wildman–Crippen MR) is 96.0 cm³/mol. The monoisotopic (exact) mass is 378 g/mol. The first-order valence-corrected chi connectivity index (χ1v) is 9.82. The lowest BCUT2D eigenvalue weighted by Gasteiger charge is -2.32. The molecule has 0 aliphatic carbocycles. The maximum Gasteiger partial charge on any atom is 0.410 e. The highest BCUT2D eigenvalue weighted by Gasteiger charge is 2.43. The number of rotatable bonds is 3. The van der Waals surface area contributed by atoms with E-state index in [9.17, 15) is 14.4 Å². The number of thiazole rings is 1. The van der Waals surface area contributed by atoms with Crippen LogP contribution >= 0.6 is 11.3 Å². The number of amides is 2. The summed E-state index contributed by atoms with van der Waals surface area (Å²) in [6.07, 6.45) is 2.28. The van der Waals surface area contributed by atoms with Gasteiger partial charge in [0.1, 0.15) is 17.3 Å². The van der Waals surface area contributed by atoms with Crippen molar-refractivity contribution in [3.63, 3.8) is 0 Å². The Hall–Kier alpha value is -1.96. The van der Waals surface area contributed by atoms with Crippen molar-refractivity contribution in [2.45, 2.75) is 64.1 Å². The summed E-state index contributed by atoms with van der Waals surface area (Å²) in [5.74, 6) is -0.307. The summed E-state index contributed by atoms with van der Waals surface area (Å²) in [4.78, 5) is 45.3. The molecule has 26 heavy (non-hydrogen) atoms. The minimum atomic E-state index is -0.611. The number of carbonyl (C=O) groups excluding carboxylic acids is 3. The summed E-state index contributed by atoms with van der Waals surface area (Å²) in [7, 11) is 0. The van der Waals surface area contributed by atoms with Gasteiger partial charge in [-0.15, -0.1) is 11.3 Å². The van der Waals surface area contributed by atoms with Crippen molar-refractivity contribution < 1.29 is 19.1 Å². The molecule has 7 nitrogen and oxygen atoms in total. The zero-order chi connectivity index (χ0) is 18.9. The Labute approximate surface area is 157 Å². The fourth-order valence-corrected chi connectivity index (χ4v) is 4.01. The molecule has 1 aromatic rings. The van der Waals surface area contributed by atoms with Gasteiger partial charge in [-0.05, 0) is 46.5 Å². The van der Waals surface area contributed by atoms with Crippen LogP contribution in [0.3, 0.4) is 0 Å². The Morgan fingerprint density at radius 1 is 1.15 bits per heavy atom. The topological polar surface area (TPSA) is 79.8 Å². The van der Waals surface area contributed by atoms with Crippen molar-refractivity contribution in [2.24, 2.45) is 0 Å². The van der Waals surface area contributed by atoms with Gasteiger partial charge in [0.05, 0.1) is 6.04 Å². The first kappa shape index (κ1) is 18.8. The van der Waals surface area contributed by atoms with E-state index >= 15 is 0 Å². The van der Waals surface area contributed by atoms with E-state index in [1.54, 1.807) is 31.1 Å². The molecule has 141 valence electrons. The third kappa shape index (κ3) is 3.90. The quantitative estimate of drug-likeness (QED) is 0.755. The van der Waals surface area contributed by atoms with Crippen LogP contribution < -0.4 is 0 Å². The van der Waals surface area contributed by atoms with Crippen molar-refractivity contribution in [3.05, 3.63) is 16.6 Å². The molecule has 3 rings (SSSR count). The van der Waals surface area contributed by atoms with Gasteiger partial charge >= 0.3 is 6.09 Å². The molecule has 0 aromatic carbocycles. The van der Waals surface area contributed by atoms with E-state index < -0.39 is 23.8 Å². The molecule has 2 aliphatic rings. The van der Waals surface area contributed by atoms with Gasteiger partial charge in [0.2, 0.25) is 11.7 Å². The second-order valence-corrected chi connectivity index (χ2v) is 8.36. The molecule has 1 aromatic heterocycles. The molecular weight excluding hydrogens is 354 g/mol. The number of likely N-dealkylation sites (tertiary alicyclic amines) is 2. The van der Waals surface area contributed by atoms with Gasteiger partial charge in [0.25, 0.3) is 0 Å². The Kier molecular flexibility index (Phi) is 5.32. The van der Waals surface area contributed by atoms with Crippen molar-refractivity contribution in [1.29, 1.82) is 0 Å². The number of ether oxygens (including phenoxy) is 1. The molecule has 0 N–H and O–H groups in total. The second kappa shape index (κ2) is 7.34. The van der Waals surface area contributed by atoms with E-state index in [4.69, 9.17) is 4.74 Å². The molecule has 1 radical (unpaired) electrons. The van der Waals surface area contributed by atoms with E-state index in [1.165, 1.54) is 16.2 Å². The summed E-state index contributed by atoms with van der Waals surface area (Å²) >= 11 is 1.24. The minimum Gasteiger partial charge on any atom is -0.444 e. The fourth-order valence-electron chi connectivity index (χ4n) is 3.52. The van der Waals surface area contributed by atoms with E-state index in [0.29, 0.717) is 31.6 Å². The summed E-state index contributed by atoms with van der Waals surface area (Å²) in [5, 5.41) is 1.66. The SMILES string of the molecule is CC(C)(C)OC(=O)N1CCC[C@H]1C(=O)N1CCC[C@H]1C(=O)c1cs[c]n1. The minimum absolute atomic E-state index is 0.143. The highest BCUT2D eigenvalue weighted by molar-refractivity contribution is 7.07. The zero-order valence-corrected chi connectivity index (χ0v) is 16.2. The fraction of sp³-hybridized carbons (Fsp3) is 0.667. The van der Waals surface area contributed by atoms with Crippen LogP contribution in [0.4, 0.5) is 4.79 Å². The molecular formula is C18H24N3O4S. The summed E-state index contributed by atoms with van der Waals surface area (Å²) in [5.41, 5.74) is 2.42. The second-order valence-electron chi connectivity index (χ2n) is 7.71. The largest absolute Gasteiger partial charge is 0.444 e. The van der Waals surface area contributed by atoms with Crippen molar-refractivity contribution >= 4 is 29.1 Å². The predicted octanol–water partition coefficient (Wildman–Crippen LogP) is 2.52. The van der Waals surface area contributed by atoms with Crippen molar-refractivity contribution in [3.8, 4) is 0 Å². The van der Waals surface area contributed by atoms with Gasteiger partial charge < -0.3 is 9.64 Å². The Bertz CT molecular complexity index is 683. The first-order chi connectivity index (χ1) is 12.3. The molecule has 0 unspecified atom stereocenters. The molecule has 2 atom stereocenters. The number of hydrogen-bond donors (Lipinski definition) is 0. The normalized spacial score (nSPS) is 23.3. The van der Waals surface area contributed by atoms with Crippen LogP contribution in [0.15, 0.2) is 5.38 Å². The number of nitrogens with zero attached hydrogens (tertiary/aromatic N) is 3. The Balaban J connectivity index is 1.72. The van der Waals surface area contributed by atoms with Gasteiger partial charge in [0.15, 0.2) is 5.51 Å². The summed E-state index contributed by atoms with van der Waals surface area (Å²) in [6, 6.07) is -1.06. The third-order valence-electron chi connectivity index (χ3n) is 4.65. The maximum atomic E-state index is 13.1. The Morgan fingerprint density at radius 2 is 1.81 bits per heavy atom. The average molecular weight is 378 g/mol. The molecule has 8 heteroatoms. The molecule has 3 heterocycles. The van der Waals surface area contributed by atoms with Crippen LogP contribution in [0.5, 0.6) is 0 Å². The first-order valence-electron chi connectivity index (χ1n) is 8.94. The van der Waals surface area contributed by atoms with E-state index in [-0.39, 0.29) is 11.7 Å². The lowest BCUT2D eigenvalue weighted by molar-refractivity contribution is -0.136. The van der Waals surface area contributed by atoms with Gasteiger partial charge in [-0.3, -0.25) is 14.5 Å². The summed E-state index contributed by atoms with van der Waals surface area (Å²) in [6.45, 7) is 6.44. The molecule has 2 aliphatic heterocycles. The van der Waals surface area contributed by atoms with Crippen LogP contribution in [0.1, 0.15) is 56.9 Å². The number of aromatic nitrogens is 1. The number of Topliss-reactive ketones (excluding diaryl/α,β-unsaturated/α-hetero) is 1. The van der Waals surface area contributed by atoms with Gasteiger partial charge in [-0.1, -0.05) is 0 Å². The molecule has 0 saturated carbocycles.